The Morgan fingerprint density at radius 2 is 2.06 bits per heavy atom. The van der Waals surface area contributed by atoms with E-state index in [1.165, 1.54) is 0 Å². The Morgan fingerprint density at radius 3 is 2.78 bits per heavy atom. The minimum atomic E-state index is 0.361. The van der Waals surface area contributed by atoms with Gasteiger partial charge < -0.3 is 4.74 Å². The lowest BCUT2D eigenvalue weighted by Gasteiger charge is -2.11. The van der Waals surface area contributed by atoms with Gasteiger partial charge in [0, 0.05) is 6.07 Å². The maximum absolute atomic E-state index is 5.25. The summed E-state index contributed by atoms with van der Waals surface area (Å²) in [5, 5.41) is 0. The molecule has 0 amide bonds. The van der Waals surface area contributed by atoms with Crippen molar-refractivity contribution in [3.8, 4) is 5.75 Å². The molecule has 18 heavy (non-hydrogen) atoms. The molecule has 0 aliphatic heterocycles. The first-order valence-electron chi connectivity index (χ1n) is 6.00. The number of benzene rings is 1. The number of ether oxygens (including phenoxy) is 1. The Bertz CT molecular complexity index is 715. The van der Waals surface area contributed by atoms with Gasteiger partial charge in [-0.05, 0) is 18.1 Å². The number of nitrogens with zero attached hydrogens (tertiary/aromatic N) is 3. The Kier molecular flexibility index (Phi) is 2.44. The number of rotatable bonds is 2. The van der Waals surface area contributed by atoms with Crippen molar-refractivity contribution in [1.29, 1.82) is 0 Å². The van der Waals surface area contributed by atoms with Gasteiger partial charge >= 0.3 is 0 Å². The third-order valence-electron chi connectivity index (χ3n) is 3.13. The second-order valence-electron chi connectivity index (χ2n) is 4.66. The highest BCUT2D eigenvalue weighted by atomic mass is 16.5. The van der Waals surface area contributed by atoms with Crippen LogP contribution in [0.5, 0.6) is 5.75 Å². The molecular weight excluding hydrogens is 226 g/mol. The second kappa shape index (κ2) is 3.98. The molecule has 0 saturated carbocycles. The van der Waals surface area contributed by atoms with Crippen molar-refractivity contribution in [2.75, 3.05) is 7.11 Å². The molecule has 4 nitrogen and oxygen atoms in total. The Labute approximate surface area is 105 Å². The summed E-state index contributed by atoms with van der Waals surface area (Å²) >= 11 is 0. The Hall–Kier alpha value is -2.10. The lowest BCUT2D eigenvalue weighted by molar-refractivity contribution is 0.415. The van der Waals surface area contributed by atoms with Crippen molar-refractivity contribution < 1.29 is 4.74 Å². The molecule has 0 fully saturated rings. The molecule has 3 aromatic rings. The van der Waals surface area contributed by atoms with Gasteiger partial charge in [0.05, 0.1) is 41.9 Å². The molecule has 0 saturated heterocycles. The first-order chi connectivity index (χ1) is 8.70. The van der Waals surface area contributed by atoms with Gasteiger partial charge in [0.1, 0.15) is 5.75 Å². The van der Waals surface area contributed by atoms with E-state index in [4.69, 9.17) is 9.72 Å². The maximum atomic E-state index is 5.25. The van der Waals surface area contributed by atoms with Crippen molar-refractivity contribution in [1.82, 2.24) is 14.4 Å². The van der Waals surface area contributed by atoms with E-state index in [1.807, 2.05) is 30.7 Å². The highest BCUT2D eigenvalue weighted by Gasteiger charge is 2.11. The van der Waals surface area contributed by atoms with Crippen LogP contribution in [-0.2, 0) is 0 Å². The summed E-state index contributed by atoms with van der Waals surface area (Å²) in [6, 6.07) is 5.92. The fourth-order valence-electron chi connectivity index (χ4n) is 2.21. The maximum Gasteiger partial charge on any atom is 0.121 e. The highest BCUT2D eigenvalue weighted by molar-refractivity contribution is 5.80. The average Bonchev–Trinajstić information content (AvgIpc) is 2.85. The topological polar surface area (TPSA) is 39.4 Å². The monoisotopic (exact) mass is 241 g/mol. The second-order valence-corrected chi connectivity index (χ2v) is 4.66. The lowest BCUT2D eigenvalue weighted by atomic mass is 10.1. The zero-order valence-corrected chi connectivity index (χ0v) is 10.7. The van der Waals surface area contributed by atoms with Gasteiger partial charge in [-0.25, -0.2) is 9.97 Å². The molecule has 0 radical (unpaired) electrons. The summed E-state index contributed by atoms with van der Waals surface area (Å²) < 4.78 is 7.33. The number of hydrogen-bond donors (Lipinski definition) is 0. The fourth-order valence-corrected chi connectivity index (χ4v) is 2.21. The average molecular weight is 241 g/mol. The minimum Gasteiger partial charge on any atom is -0.497 e. The zero-order chi connectivity index (χ0) is 12.7. The summed E-state index contributed by atoms with van der Waals surface area (Å²) in [6.07, 6.45) is 3.70. The Morgan fingerprint density at radius 1 is 1.22 bits per heavy atom. The van der Waals surface area contributed by atoms with E-state index < -0.39 is 0 Å². The van der Waals surface area contributed by atoms with Gasteiger partial charge in [-0.3, -0.25) is 4.40 Å². The molecule has 2 heterocycles. The van der Waals surface area contributed by atoms with Crippen LogP contribution in [0.4, 0.5) is 0 Å². The van der Waals surface area contributed by atoms with E-state index in [9.17, 15) is 0 Å². The molecule has 0 spiro atoms. The van der Waals surface area contributed by atoms with Gasteiger partial charge in [-0.1, -0.05) is 13.8 Å². The van der Waals surface area contributed by atoms with E-state index in [-0.39, 0.29) is 0 Å². The Balaban J connectivity index is 2.43. The predicted octanol–water partition coefficient (Wildman–Crippen LogP) is 3.01. The van der Waals surface area contributed by atoms with E-state index in [0.29, 0.717) is 5.92 Å². The van der Waals surface area contributed by atoms with Crippen molar-refractivity contribution in [3.63, 3.8) is 0 Å². The summed E-state index contributed by atoms with van der Waals surface area (Å²) in [6.45, 7) is 4.28. The first kappa shape index (κ1) is 11.0. The van der Waals surface area contributed by atoms with Crippen LogP contribution in [0, 0.1) is 0 Å². The van der Waals surface area contributed by atoms with Crippen LogP contribution in [0.1, 0.15) is 25.5 Å². The van der Waals surface area contributed by atoms with Crippen molar-refractivity contribution in [2.24, 2.45) is 0 Å². The standard InChI is InChI=1S/C14H15N3O/c1-9(2)14-13-7-15-8-17(13)12-5-4-10(18-3)6-11(12)16-14/h4-9H,1-3H3. The van der Waals surface area contributed by atoms with Crippen LogP contribution >= 0.6 is 0 Å². The molecule has 92 valence electrons. The predicted molar refractivity (Wildman–Crippen MR) is 71.1 cm³/mol. The van der Waals surface area contributed by atoms with E-state index in [2.05, 4.69) is 23.2 Å². The molecule has 0 atom stereocenters. The van der Waals surface area contributed by atoms with E-state index >= 15 is 0 Å². The number of imidazole rings is 1. The van der Waals surface area contributed by atoms with E-state index in [0.717, 1.165) is 28.0 Å². The normalized spacial score (nSPS) is 11.6. The quantitative estimate of drug-likeness (QED) is 0.692. The minimum absolute atomic E-state index is 0.361. The summed E-state index contributed by atoms with van der Waals surface area (Å²) in [4.78, 5) is 8.97. The first-order valence-corrected chi connectivity index (χ1v) is 6.00. The largest absolute Gasteiger partial charge is 0.497 e. The van der Waals surface area contributed by atoms with Gasteiger partial charge in [0.25, 0.3) is 0 Å². The highest BCUT2D eigenvalue weighted by Crippen LogP contribution is 2.25. The molecule has 0 bridgehead atoms. The smallest absolute Gasteiger partial charge is 0.121 e. The van der Waals surface area contributed by atoms with Crippen molar-refractivity contribution >= 4 is 16.6 Å². The third-order valence-corrected chi connectivity index (χ3v) is 3.13. The molecule has 4 heteroatoms. The number of hydrogen-bond acceptors (Lipinski definition) is 3. The fraction of sp³-hybridized carbons (Fsp3) is 0.286. The number of aromatic nitrogens is 3. The van der Waals surface area contributed by atoms with Gasteiger partial charge in [0.15, 0.2) is 0 Å². The zero-order valence-electron chi connectivity index (χ0n) is 10.7. The van der Waals surface area contributed by atoms with Gasteiger partial charge in [0.2, 0.25) is 0 Å². The van der Waals surface area contributed by atoms with Crippen LogP contribution in [-0.4, -0.2) is 21.5 Å². The van der Waals surface area contributed by atoms with Crippen molar-refractivity contribution in [2.45, 2.75) is 19.8 Å². The molecule has 3 rings (SSSR count). The molecule has 0 unspecified atom stereocenters. The third kappa shape index (κ3) is 1.53. The molecule has 0 aliphatic carbocycles. The lowest BCUT2D eigenvalue weighted by Crippen LogP contribution is -2.00. The van der Waals surface area contributed by atoms with Crippen LogP contribution in [0.15, 0.2) is 30.7 Å². The molecule has 2 aromatic heterocycles. The van der Waals surface area contributed by atoms with Crippen LogP contribution in [0.3, 0.4) is 0 Å². The van der Waals surface area contributed by atoms with Crippen LogP contribution in [0.2, 0.25) is 0 Å². The summed E-state index contributed by atoms with van der Waals surface area (Å²) in [5.41, 5.74) is 4.12. The summed E-state index contributed by atoms with van der Waals surface area (Å²) in [5.74, 6) is 1.18. The van der Waals surface area contributed by atoms with Gasteiger partial charge in [-0.15, -0.1) is 0 Å². The molecular formula is C14H15N3O. The van der Waals surface area contributed by atoms with Crippen molar-refractivity contribution in [3.05, 3.63) is 36.4 Å². The summed E-state index contributed by atoms with van der Waals surface area (Å²) in [7, 11) is 1.67. The van der Waals surface area contributed by atoms with E-state index in [1.54, 1.807) is 7.11 Å². The molecule has 0 N–H and O–H groups in total. The van der Waals surface area contributed by atoms with Crippen LogP contribution < -0.4 is 4.74 Å². The molecule has 0 aliphatic rings. The van der Waals surface area contributed by atoms with Gasteiger partial charge in [-0.2, -0.15) is 0 Å². The SMILES string of the molecule is COc1ccc2c(c1)nc(C(C)C)c1cncn12. The number of methoxy groups -OCH3 is 1. The van der Waals surface area contributed by atoms with Crippen LogP contribution in [0.25, 0.3) is 16.6 Å². The number of fused-ring (bicyclic) bond motifs is 3. The molecule has 1 aromatic carbocycles.